The fourth-order valence-electron chi connectivity index (χ4n) is 9.20. The standard InChI is InChI=1S/C46H54N4O11/c1-3-23-59-46-42(49(19-24-58-25-22-53)45(54)32-15-13-31(30-47)14-16-32)29-40(48-57-2)38-26-33(9-4-6-20-51)37(12-5-7-21-52)43(44(38)46)39-28-36(17-18-41(39)61-46)60-35-11-8-10-34(27-35)50(55)56/h3,8,10-11,13-18,26-28,33,37,42-44,51-53H,1,4-7,9,12,19-25,29H2,2H3. The molecule has 0 radical (unpaired) electrons. The molecular formula is C46H54N4O11. The van der Waals surface area contributed by atoms with Crippen LogP contribution in [0.15, 0.2) is 96.2 Å². The van der Waals surface area contributed by atoms with Crippen LogP contribution in [0, 0.1) is 39.2 Å². The smallest absolute Gasteiger partial charge is 0.273 e. The number of aliphatic hydroxyl groups excluding tert-OH is 3. The Balaban J connectivity index is 1.58. The second-order valence-corrected chi connectivity index (χ2v) is 15.3. The molecule has 1 heterocycles. The lowest BCUT2D eigenvalue weighted by atomic mass is 9.55. The first kappa shape index (κ1) is 44.9. The minimum absolute atomic E-state index is 0.00670. The molecule has 3 N–H and O–H groups in total. The van der Waals surface area contributed by atoms with E-state index in [-0.39, 0.29) is 87.7 Å². The van der Waals surface area contributed by atoms with E-state index in [1.54, 1.807) is 59.5 Å². The van der Waals surface area contributed by atoms with Crippen molar-refractivity contribution < 1.29 is 48.8 Å². The number of carbonyl (C=O) groups excluding carboxylic acids is 1. The summed E-state index contributed by atoms with van der Waals surface area (Å²) in [5.41, 5.74) is 2.88. The minimum Gasteiger partial charge on any atom is -0.459 e. The van der Waals surface area contributed by atoms with Crippen molar-refractivity contribution in [3.8, 4) is 23.3 Å². The van der Waals surface area contributed by atoms with Gasteiger partial charge in [-0.2, -0.15) is 5.26 Å². The van der Waals surface area contributed by atoms with Gasteiger partial charge in [-0.05, 0) is 91.6 Å². The molecule has 0 spiro atoms. The fraction of sp³-hybridized carbons (Fsp3) is 0.457. The van der Waals surface area contributed by atoms with Gasteiger partial charge in [-0.25, -0.2) is 0 Å². The number of unbranched alkanes of at least 4 members (excludes halogenated alkanes) is 2. The van der Waals surface area contributed by atoms with E-state index in [2.05, 4.69) is 23.9 Å². The summed E-state index contributed by atoms with van der Waals surface area (Å²) in [6.45, 7) is 4.14. The first-order valence-corrected chi connectivity index (χ1v) is 20.8. The number of non-ortho nitro benzene ring substituents is 1. The van der Waals surface area contributed by atoms with Gasteiger partial charge in [-0.15, -0.1) is 6.58 Å². The minimum atomic E-state index is -1.54. The Labute approximate surface area is 355 Å². The first-order chi connectivity index (χ1) is 29.7. The van der Waals surface area contributed by atoms with E-state index < -0.39 is 22.7 Å². The van der Waals surface area contributed by atoms with Crippen molar-refractivity contribution in [2.75, 3.05) is 53.3 Å². The maximum absolute atomic E-state index is 14.9. The first-order valence-electron chi connectivity index (χ1n) is 20.8. The molecule has 0 bridgehead atoms. The average molecular weight is 839 g/mol. The van der Waals surface area contributed by atoms with Gasteiger partial charge in [0.15, 0.2) is 0 Å². The van der Waals surface area contributed by atoms with Gasteiger partial charge in [0.25, 0.3) is 11.6 Å². The van der Waals surface area contributed by atoms with Crippen LogP contribution in [0.5, 0.6) is 17.2 Å². The molecule has 61 heavy (non-hydrogen) atoms. The van der Waals surface area contributed by atoms with Gasteiger partial charge < -0.3 is 44.0 Å². The Morgan fingerprint density at radius 1 is 1.03 bits per heavy atom. The van der Waals surface area contributed by atoms with Gasteiger partial charge in [-0.1, -0.05) is 36.2 Å². The van der Waals surface area contributed by atoms with Crippen LogP contribution in [-0.2, 0) is 14.3 Å². The zero-order valence-electron chi connectivity index (χ0n) is 34.4. The molecule has 6 atom stereocenters. The Bertz CT molecular complexity index is 2100. The zero-order chi connectivity index (χ0) is 43.4. The second-order valence-electron chi connectivity index (χ2n) is 15.3. The van der Waals surface area contributed by atoms with Crippen LogP contribution in [0.4, 0.5) is 5.69 Å². The topological polar surface area (TPSA) is 206 Å². The SMILES string of the molecule is C=CCOC12Oc3ccc(Oc4cccc([N+](=O)[O-])c4)cc3C3C(CCCCO)C(CCCCO)C=C(C(=NOC)CC1N(CCOCCO)C(=O)c1ccc(C#N)cc1)C32. The molecule has 3 aliphatic rings. The average Bonchev–Trinajstić information content (AvgIpc) is 3.27. The molecule has 15 nitrogen and oxygen atoms in total. The lowest BCUT2D eigenvalue weighted by Crippen LogP contribution is -2.70. The maximum atomic E-state index is 14.9. The fourth-order valence-corrected chi connectivity index (χ4v) is 9.20. The number of fused-ring (bicyclic) bond motifs is 2. The number of hydrogen-bond donors (Lipinski definition) is 3. The summed E-state index contributed by atoms with van der Waals surface area (Å²) in [5.74, 6) is -1.69. The van der Waals surface area contributed by atoms with E-state index in [0.29, 0.717) is 47.6 Å². The van der Waals surface area contributed by atoms with Crippen LogP contribution in [0.1, 0.15) is 72.3 Å². The van der Waals surface area contributed by atoms with Crippen LogP contribution < -0.4 is 9.47 Å². The van der Waals surface area contributed by atoms with E-state index in [1.807, 2.05) is 6.07 Å². The number of carbonyl (C=O) groups is 1. The van der Waals surface area contributed by atoms with E-state index in [1.165, 1.54) is 19.2 Å². The number of nitro benzene ring substituents is 1. The monoisotopic (exact) mass is 838 g/mol. The summed E-state index contributed by atoms with van der Waals surface area (Å²) < 4.78 is 26.3. The normalized spacial score (nSPS) is 23.1. The molecule has 0 saturated heterocycles. The Hall–Kier alpha value is -5.63. The van der Waals surface area contributed by atoms with Crippen molar-refractivity contribution in [3.63, 3.8) is 0 Å². The van der Waals surface area contributed by atoms with Crippen molar-refractivity contribution in [3.05, 3.63) is 118 Å². The third kappa shape index (κ3) is 9.96. The number of rotatable bonds is 22. The van der Waals surface area contributed by atoms with Gasteiger partial charge in [0.2, 0.25) is 5.79 Å². The van der Waals surface area contributed by atoms with E-state index in [9.17, 15) is 35.5 Å². The number of aliphatic hydroxyl groups is 3. The molecule has 1 fully saturated rings. The predicted molar refractivity (Wildman–Crippen MR) is 225 cm³/mol. The Morgan fingerprint density at radius 2 is 1.79 bits per heavy atom. The van der Waals surface area contributed by atoms with Crippen molar-refractivity contribution in [1.29, 1.82) is 5.26 Å². The van der Waals surface area contributed by atoms with E-state index in [4.69, 9.17) is 23.8 Å². The van der Waals surface area contributed by atoms with E-state index in [0.717, 1.165) is 30.4 Å². The van der Waals surface area contributed by atoms with Crippen LogP contribution in [-0.4, -0.2) is 102 Å². The molecule has 3 aromatic rings. The molecule has 1 amide bonds. The molecule has 1 aliphatic heterocycles. The number of ether oxygens (including phenoxy) is 4. The quantitative estimate of drug-likeness (QED) is 0.0420. The third-order valence-electron chi connectivity index (χ3n) is 11.7. The summed E-state index contributed by atoms with van der Waals surface area (Å²) in [6.07, 6.45) is 8.19. The van der Waals surface area contributed by atoms with Crippen molar-refractivity contribution in [2.45, 2.75) is 62.7 Å². The maximum Gasteiger partial charge on any atom is 0.273 e. The highest BCUT2D eigenvalue weighted by Gasteiger charge is 2.65. The molecule has 1 saturated carbocycles. The van der Waals surface area contributed by atoms with Gasteiger partial charge >= 0.3 is 0 Å². The molecule has 324 valence electrons. The second kappa shape index (κ2) is 21.2. The third-order valence-corrected chi connectivity index (χ3v) is 11.7. The predicted octanol–water partition coefficient (Wildman–Crippen LogP) is 6.67. The molecule has 2 aliphatic carbocycles. The molecule has 6 unspecified atom stereocenters. The van der Waals surface area contributed by atoms with Gasteiger partial charge in [-0.3, -0.25) is 14.9 Å². The zero-order valence-corrected chi connectivity index (χ0v) is 34.4. The molecule has 15 heteroatoms. The van der Waals surface area contributed by atoms with Crippen molar-refractivity contribution >= 4 is 17.3 Å². The molecule has 3 aromatic carbocycles. The van der Waals surface area contributed by atoms with Gasteiger partial charge in [0, 0.05) is 49.3 Å². The number of hydrogen-bond acceptors (Lipinski definition) is 13. The number of nitriles is 1. The van der Waals surface area contributed by atoms with Gasteiger partial charge in [0.05, 0.1) is 60.7 Å². The Kier molecular flexibility index (Phi) is 15.6. The summed E-state index contributed by atoms with van der Waals surface area (Å²) in [4.78, 5) is 33.2. The number of allylic oxidation sites excluding steroid dienone is 1. The highest BCUT2D eigenvalue weighted by molar-refractivity contribution is 6.03. The largest absolute Gasteiger partial charge is 0.459 e. The highest BCUT2D eigenvalue weighted by atomic mass is 16.7. The number of nitrogens with zero attached hydrogens (tertiary/aromatic N) is 4. The van der Waals surface area contributed by atoms with Gasteiger partial charge in [0.1, 0.15) is 30.4 Å². The lowest BCUT2D eigenvalue weighted by Gasteiger charge is -2.60. The lowest BCUT2D eigenvalue weighted by molar-refractivity contribution is -0.384. The van der Waals surface area contributed by atoms with Crippen molar-refractivity contribution in [2.24, 2.45) is 22.9 Å². The number of oxime groups is 1. The van der Waals surface area contributed by atoms with E-state index >= 15 is 0 Å². The summed E-state index contributed by atoms with van der Waals surface area (Å²) in [6, 6.07) is 19.1. The highest BCUT2D eigenvalue weighted by Crippen LogP contribution is 2.62. The van der Waals surface area contributed by atoms with Crippen LogP contribution >= 0.6 is 0 Å². The molecule has 6 rings (SSSR count). The molecular weight excluding hydrogens is 785 g/mol. The van der Waals surface area contributed by atoms with Crippen molar-refractivity contribution in [1.82, 2.24) is 4.90 Å². The number of nitro groups is 1. The van der Waals surface area contributed by atoms with Crippen LogP contribution in [0.25, 0.3) is 0 Å². The number of benzene rings is 3. The van der Waals surface area contributed by atoms with Crippen LogP contribution in [0.2, 0.25) is 0 Å². The van der Waals surface area contributed by atoms with Crippen LogP contribution in [0.3, 0.4) is 0 Å². The molecule has 0 aromatic heterocycles. The Morgan fingerprint density at radius 3 is 2.48 bits per heavy atom. The summed E-state index contributed by atoms with van der Waals surface area (Å²) in [5, 5.41) is 55.0. The summed E-state index contributed by atoms with van der Waals surface area (Å²) in [7, 11) is 1.47. The summed E-state index contributed by atoms with van der Waals surface area (Å²) >= 11 is 0. The number of amides is 1.